The van der Waals surface area contributed by atoms with Crippen molar-refractivity contribution >= 4 is 22.9 Å². The van der Waals surface area contributed by atoms with Crippen LogP contribution in [0.4, 0.5) is 10.1 Å². The highest BCUT2D eigenvalue weighted by Gasteiger charge is 2.32. The van der Waals surface area contributed by atoms with E-state index in [0.717, 1.165) is 23.2 Å². The van der Waals surface area contributed by atoms with E-state index in [1.807, 2.05) is 17.0 Å². The summed E-state index contributed by atoms with van der Waals surface area (Å²) in [6.07, 6.45) is 0.885. The Balaban J connectivity index is 1.53. The van der Waals surface area contributed by atoms with E-state index in [1.54, 1.807) is 30.6 Å². The normalized spacial score (nSPS) is 15.8. The minimum Gasteiger partial charge on any atom is -0.381 e. The molecule has 150 valence electrons. The zero-order valence-electron chi connectivity index (χ0n) is 16.2. The van der Waals surface area contributed by atoms with Crippen LogP contribution in [0.2, 0.25) is 0 Å². The molecule has 1 amide bonds. The van der Waals surface area contributed by atoms with Gasteiger partial charge in [0.1, 0.15) is 12.4 Å². The first-order valence-electron chi connectivity index (χ1n) is 9.58. The fourth-order valence-corrected chi connectivity index (χ4v) is 4.64. The van der Waals surface area contributed by atoms with Crippen molar-refractivity contribution in [1.82, 2.24) is 4.90 Å². The van der Waals surface area contributed by atoms with Gasteiger partial charge >= 0.3 is 0 Å². The van der Waals surface area contributed by atoms with E-state index in [0.29, 0.717) is 13.1 Å². The number of carbonyl (C=O) groups excluding carboxylic acids is 1. The summed E-state index contributed by atoms with van der Waals surface area (Å²) in [5, 5.41) is 5.46. The van der Waals surface area contributed by atoms with Crippen LogP contribution in [0.25, 0.3) is 0 Å². The van der Waals surface area contributed by atoms with Crippen molar-refractivity contribution in [2.45, 2.75) is 19.0 Å². The smallest absolute Gasteiger partial charge is 0.249 e. The first-order chi connectivity index (χ1) is 14.2. The van der Waals surface area contributed by atoms with Crippen LogP contribution in [0, 0.1) is 5.82 Å². The molecule has 1 aliphatic heterocycles. The first-order valence-corrected chi connectivity index (χ1v) is 10.5. The van der Waals surface area contributed by atoms with Crippen LogP contribution in [-0.4, -0.2) is 31.1 Å². The lowest BCUT2D eigenvalue weighted by Gasteiger charge is -2.36. The predicted octanol–water partition coefficient (Wildman–Crippen LogP) is 4.62. The zero-order valence-corrected chi connectivity index (χ0v) is 17.0. The number of halogens is 1. The number of amides is 1. The maximum Gasteiger partial charge on any atom is 0.249 e. The van der Waals surface area contributed by atoms with Crippen LogP contribution in [-0.2, 0) is 22.5 Å². The molecule has 1 aliphatic rings. The standard InChI is InChI=1S/C23H23FN2O2S/c1-28-15-22(27)26-12-10-21-20(11-13-29-21)23(26)17-4-8-19(9-5-17)25-14-16-2-6-18(24)7-3-16/h2-9,11,13,23,25H,10,12,14-15H2,1H3/t23-/m1/s1. The number of anilines is 1. The van der Waals surface area contributed by atoms with Gasteiger partial charge in [0.25, 0.3) is 0 Å². The summed E-state index contributed by atoms with van der Waals surface area (Å²) in [5.74, 6) is -0.223. The molecule has 1 aromatic heterocycles. The molecule has 1 N–H and O–H groups in total. The van der Waals surface area contributed by atoms with Crippen LogP contribution in [0.5, 0.6) is 0 Å². The Morgan fingerprint density at radius 2 is 1.93 bits per heavy atom. The van der Waals surface area contributed by atoms with Gasteiger partial charge in [-0.1, -0.05) is 24.3 Å². The van der Waals surface area contributed by atoms with Gasteiger partial charge in [-0.05, 0) is 58.8 Å². The number of nitrogens with zero attached hydrogens (tertiary/aromatic N) is 1. The monoisotopic (exact) mass is 410 g/mol. The van der Waals surface area contributed by atoms with Gasteiger partial charge in [-0.15, -0.1) is 11.3 Å². The molecule has 3 aromatic rings. The predicted molar refractivity (Wildman–Crippen MR) is 114 cm³/mol. The molecule has 0 radical (unpaired) electrons. The van der Waals surface area contributed by atoms with Crippen molar-refractivity contribution in [3.05, 3.63) is 87.4 Å². The molecule has 2 aromatic carbocycles. The average Bonchev–Trinajstić information content (AvgIpc) is 3.22. The molecule has 4 rings (SSSR count). The van der Waals surface area contributed by atoms with E-state index in [-0.39, 0.29) is 24.4 Å². The van der Waals surface area contributed by atoms with Crippen LogP contribution in [0.3, 0.4) is 0 Å². The van der Waals surface area contributed by atoms with Crippen LogP contribution >= 0.6 is 11.3 Å². The maximum atomic E-state index is 13.0. The third kappa shape index (κ3) is 4.33. The summed E-state index contributed by atoms with van der Waals surface area (Å²) >= 11 is 1.75. The second kappa shape index (κ2) is 8.76. The number of nitrogens with one attached hydrogen (secondary N) is 1. The number of fused-ring (bicyclic) bond motifs is 1. The number of hydrogen-bond donors (Lipinski definition) is 1. The molecule has 2 heterocycles. The van der Waals surface area contributed by atoms with Gasteiger partial charge in [-0.25, -0.2) is 4.39 Å². The third-order valence-corrected chi connectivity index (χ3v) is 6.19. The highest BCUT2D eigenvalue weighted by Crippen LogP contribution is 2.38. The minimum absolute atomic E-state index is 0.00728. The van der Waals surface area contributed by atoms with Crippen molar-refractivity contribution in [1.29, 1.82) is 0 Å². The van der Waals surface area contributed by atoms with Gasteiger partial charge in [0.15, 0.2) is 0 Å². The lowest BCUT2D eigenvalue weighted by molar-refractivity contribution is -0.137. The molecule has 0 fully saturated rings. The summed E-state index contributed by atoms with van der Waals surface area (Å²) in [6.45, 7) is 1.41. The van der Waals surface area contributed by atoms with Gasteiger partial charge < -0.3 is 15.0 Å². The number of ether oxygens (including phenoxy) is 1. The summed E-state index contributed by atoms with van der Waals surface area (Å²) < 4.78 is 18.1. The number of methoxy groups -OCH3 is 1. The molecule has 0 saturated carbocycles. The van der Waals surface area contributed by atoms with Crippen LogP contribution in [0.1, 0.15) is 27.6 Å². The summed E-state index contributed by atoms with van der Waals surface area (Å²) in [5.41, 5.74) is 4.29. The highest BCUT2D eigenvalue weighted by molar-refractivity contribution is 7.10. The number of benzene rings is 2. The summed E-state index contributed by atoms with van der Waals surface area (Å²) in [7, 11) is 1.55. The SMILES string of the molecule is COCC(=O)N1CCc2sccc2[C@H]1c1ccc(NCc2ccc(F)cc2)cc1. The number of rotatable bonds is 6. The molecule has 0 saturated heterocycles. The maximum absolute atomic E-state index is 13.0. The van der Waals surface area contributed by atoms with Crippen LogP contribution in [0.15, 0.2) is 60.0 Å². The van der Waals surface area contributed by atoms with E-state index in [9.17, 15) is 9.18 Å². The molecule has 0 bridgehead atoms. The number of carbonyl (C=O) groups is 1. The van der Waals surface area contributed by atoms with Gasteiger partial charge in [-0.3, -0.25) is 4.79 Å². The average molecular weight is 411 g/mol. The Morgan fingerprint density at radius 3 is 2.66 bits per heavy atom. The lowest BCUT2D eigenvalue weighted by Crippen LogP contribution is -2.41. The van der Waals surface area contributed by atoms with Crippen molar-refractivity contribution in [3.63, 3.8) is 0 Å². The Hall–Kier alpha value is -2.70. The molecular formula is C23H23FN2O2S. The van der Waals surface area contributed by atoms with Crippen molar-refractivity contribution in [2.24, 2.45) is 0 Å². The van der Waals surface area contributed by atoms with Gasteiger partial charge in [0.05, 0.1) is 6.04 Å². The molecule has 0 unspecified atom stereocenters. The second-order valence-electron chi connectivity index (χ2n) is 7.07. The molecular weight excluding hydrogens is 387 g/mol. The topological polar surface area (TPSA) is 41.6 Å². The minimum atomic E-state index is -0.231. The molecule has 0 spiro atoms. The molecule has 6 heteroatoms. The Bertz CT molecular complexity index is 969. The first kappa shape index (κ1) is 19.6. The lowest BCUT2D eigenvalue weighted by atomic mass is 9.93. The molecule has 4 nitrogen and oxygen atoms in total. The van der Waals surface area contributed by atoms with Crippen molar-refractivity contribution in [3.8, 4) is 0 Å². The Labute approximate surface area is 173 Å². The Kier molecular flexibility index (Phi) is 5.92. The van der Waals surface area contributed by atoms with E-state index in [1.165, 1.54) is 22.6 Å². The quantitative estimate of drug-likeness (QED) is 0.645. The number of hydrogen-bond acceptors (Lipinski definition) is 4. The number of thiophene rings is 1. The fourth-order valence-electron chi connectivity index (χ4n) is 3.74. The Morgan fingerprint density at radius 1 is 1.17 bits per heavy atom. The summed E-state index contributed by atoms with van der Waals surface area (Å²) in [4.78, 5) is 15.9. The summed E-state index contributed by atoms with van der Waals surface area (Å²) in [6, 6.07) is 16.7. The van der Waals surface area contributed by atoms with Gasteiger partial charge in [0, 0.05) is 30.8 Å². The van der Waals surface area contributed by atoms with Crippen molar-refractivity contribution in [2.75, 3.05) is 25.6 Å². The largest absolute Gasteiger partial charge is 0.381 e. The second-order valence-corrected chi connectivity index (χ2v) is 8.07. The fraction of sp³-hybridized carbons (Fsp3) is 0.261. The van der Waals surface area contributed by atoms with Crippen LogP contribution < -0.4 is 5.32 Å². The van der Waals surface area contributed by atoms with Gasteiger partial charge in [-0.2, -0.15) is 0 Å². The van der Waals surface area contributed by atoms with E-state index >= 15 is 0 Å². The molecule has 29 heavy (non-hydrogen) atoms. The highest BCUT2D eigenvalue weighted by atomic mass is 32.1. The third-order valence-electron chi connectivity index (χ3n) is 5.19. The van der Waals surface area contributed by atoms with Gasteiger partial charge in [0.2, 0.25) is 5.91 Å². The van der Waals surface area contributed by atoms with Crippen molar-refractivity contribution < 1.29 is 13.9 Å². The molecule has 1 atom stereocenters. The molecule has 0 aliphatic carbocycles. The van der Waals surface area contributed by atoms with E-state index in [2.05, 4.69) is 28.9 Å². The van der Waals surface area contributed by atoms with E-state index < -0.39 is 0 Å². The zero-order chi connectivity index (χ0) is 20.2. The van der Waals surface area contributed by atoms with E-state index in [4.69, 9.17) is 4.74 Å².